The first-order chi connectivity index (χ1) is 9.58. The molecule has 2 N–H and O–H groups in total. The average molecular weight is 276 g/mol. The fourth-order valence-electron chi connectivity index (χ4n) is 2.03. The lowest BCUT2D eigenvalue weighted by Gasteiger charge is -2.18. The molecule has 1 saturated carbocycles. The van der Waals surface area contributed by atoms with E-state index in [9.17, 15) is 9.59 Å². The van der Waals surface area contributed by atoms with Gasteiger partial charge >= 0.3 is 0 Å². The Labute approximate surface area is 118 Å². The molecule has 0 saturated heterocycles. The van der Waals surface area contributed by atoms with Crippen LogP contribution in [-0.2, 0) is 9.59 Å². The normalized spacial score (nSPS) is 15.3. The second kappa shape index (κ2) is 6.41. The lowest BCUT2D eigenvalue weighted by atomic mass is 10.0. The number of benzene rings is 1. The first kappa shape index (κ1) is 14.4. The third-order valence-electron chi connectivity index (χ3n) is 3.23. The Morgan fingerprint density at radius 3 is 2.45 bits per heavy atom. The second-order valence-corrected chi connectivity index (χ2v) is 5.07. The van der Waals surface area contributed by atoms with Crippen LogP contribution in [0, 0.1) is 0 Å². The van der Waals surface area contributed by atoms with E-state index >= 15 is 0 Å². The quantitative estimate of drug-likeness (QED) is 0.828. The predicted molar refractivity (Wildman–Crippen MR) is 75.3 cm³/mol. The molecule has 2 rings (SSSR count). The first-order valence-corrected chi connectivity index (χ1v) is 6.79. The summed E-state index contributed by atoms with van der Waals surface area (Å²) >= 11 is 0. The van der Waals surface area contributed by atoms with Gasteiger partial charge in [-0.3, -0.25) is 9.59 Å². The maximum atomic E-state index is 11.9. The van der Waals surface area contributed by atoms with Gasteiger partial charge in [-0.2, -0.15) is 0 Å². The number of nitrogens with one attached hydrogen (secondary N) is 2. The highest BCUT2D eigenvalue weighted by atomic mass is 16.5. The predicted octanol–water partition coefficient (Wildman–Crippen LogP) is 1.54. The molecule has 1 aromatic rings. The largest absolute Gasteiger partial charge is 0.497 e. The number of hydrogen-bond donors (Lipinski definition) is 2. The monoisotopic (exact) mass is 276 g/mol. The van der Waals surface area contributed by atoms with E-state index in [-0.39, 0.29) is 24.3 Å². The zero-order chi connectivity index (χ0) is 14.5. The highest BCUT2D eigenvalue weighted by Crippen LogP contribution is 2.22. The van der Waals surface area contributed by atoms with Crippen LogP contribution in [0.4, 0.5) is 0 Å². The van der Waals surface area contributed by atoms with Crippen LogP contribution in [-0.4, -0.2) is 25.0 Å². The summed E-state index contributed by atoms with van der Waals surface area (Å²) in [7, 11) is 1.60. The summed E-state index contributed by atoms with van der Waals surface area (Å²) in [6.07, 6.45) is 2.36. The first-order valence-electron chi connectivity index (χ1n) is 6.79. The number of amides is 2. The van der Waals surface area contributed by atoms with E-state index < -0.39 is 0 Å². The molecule has 1 aromatic carbocycles. The smallest absolute Gasteiger partial charge is 0.222 e. The minimum absolute atomic E-state index is 0.0259. The minimum Gasteiger partial charge on any atom is -0.497 e. The number of rotatable bonds is 6. The van der Waals surface area contributed by atoms with Gasteiger partial charge < -0.3 is 15.4 Å². The van der Waals surface area contributed by atoms with Crippen molar-refractivity contribution < 1.29 is 14.3 Å². The summed E-state index contributed by atoms with van der Waals surface area (Å²) in [6, 6.07) is 7.40. The van der Waals surface area contributed by atoms with Crippen LogP contribution in [0.1, 0.15) is 37.8 Å². The Balaban J connectivity index is 2.04. The molecule has 5 heteroatoms. The Bertz CT molecular complexity index is 480. The molecule has 1 aliphatic rings. The Hall–Kier alpha value is -2.04. The van der Waals surface area contributed by atoms with Gasteiger partial charge in [-0.25, -0.2) is 0 Å². The van der Waals surface area contributed by atoms with Crippen molar-refractivity contribution in [3.8, 4) is 5.75 Å². The molecule has 0 aliphatic heterocycles. The standard InChI is InChI=1S/C15H20N2O3/c1-10(18)16-14(9-15(19)17-12-5-6-12)11-3-7-13(20-2)8-4-11/h3-4,7-8,12,14H,5-6,9H2,1-2H3,(H,16,18)(H,17,19). The van der Waals surface area contributed by atoms with Gasteiger partial charge in [0.2, 0.25) is 11.8 Å². The van der Waals surface area contributed by atoms with E-state index in [0.29, 0.717) is 6.04 Å². The average Bonchev–Trinajstić information content (AvgIpc) is 3.21. The van der Waals surface area contributed by atoms with Crippen molar-refractivity contribution in [3.63, 3.8) is 0 Å². The zero-order valence-corrected chi connectivity index (χ0v) is 11.8. The second-order valence-electron chi connectivity index (χ2n) is 5.07. The minimum atomic E-state index is -0.308. The van der Waals surface area contributed by atoms with E-state index in [4.69, 9.17) is 4.74 Å². The van der Waals surface area contributed by atoms with Crippen LogP contribution in [0.15, 0.2) is 24.3 Å². The molecule has 2 amide bonds. The summed E-state index contributed by atoms with van der Waals surface area (Å²) in [4.78, 5) is 23.2. The van der Waals surface area contributed by atoms with Crippen LogP contribution < -0.4 is 15.4 Å². The molecule has 0 heterocycles. The summed E-state index contributed by atoms with van der Waals surface area (Å²) in [5.41, 5.74) is 0.895. The van der Waals surface area contributed by atoms with E-state index in [0.717, 1.165) is 24.2 Å². The summed E-state index contributed by atoms with van der Waals surface area (Å²) < 4.78 is 5.11. The van der Waals surface area contributed by atoms with Crippen molar-refractivity contribution in [1.29, 1.82) is 0 Å². The van der Waals surface area contributed by atoms with Crippen molar-refractivity contribution in [3.05, 3.63) is 29.8 Å². The summed E-state index contributed by atoms with van der Waals surface area (Å²) in [6.45, 7) is 1.45. The van der Waals surface area contributed by atoms with Gasteiger partial charge in [0.05, 0.1) is 19.6 Å². The van der Waals surface area contributed by atoms with Gasteiger partial charge in [0, 0.05) is 13.0 Å². The molecule has 0 spiro atoms. The molecule has 5 nitrogen and oxygen atoms in total. The van der Waals surface area contributed by atoms with Gasteiger partial charge in [-0.05, 0) is 30.5 Å². The van der Waals surface area contributed by atoms with Gasteiger partial charge in [-0.15, -0.1) is 0 Å². The van der Waals surface area contributed by atoms with Gasteiger partial charge in [0.25, 0.3) is 0 Å². The number of carbonyl (C=O) groups excluding carboxylic acids is 2. The molecular weight excluding hydrogens is 256 g/mol. The molecule has 0 aromatic heterocycles. The fourth-order valence-corrected chi connectivity index (χ4v) is 2.03. The highest BCUT2D eigenvalue weighted by Gasteiger charge is 2.25. The van der Waals surface area contributed by atoms with Crippen LogP contribution in [0.25, 0.3) is 0 Å². The Kier molecular flexibility index (Phi) is 4.61. The van der Waals surface area contributed by atoms with E-state index in [1.54, 1.807) is 7.11 Å². The molecule has 1 fully saturated rings. The van der Waals surface area contributed by atoms with Crippen LogP contribution in [0.5, 0.6) is 5.75 Å². The van der Waals surface area contributed by atoms with Crippen molar-refractivity contribution in [2.75, 3.05) is 7.11 Å². The van der Waals surface area contributed by atoms with Gasteiger partial charge in [-0.1, -0.05) is 12.1 Å². The lowest BCUT2D eigenvalue weighted by Crippen LogP contribution is -2.33. The zero-order valence-electron chi connectivity index (χ0n) is 11.8. The fraction of sp³-hybridized carbons (Fsp3) is 0.467. The van der Waals surface area contributed by atoms with E-state index in [2.05, 4.69) is 10.6 Å². The van der Waals surface area contributed by atoms with Crippen molar-refractivity contribution >= 4 is 11.8 Å². The highest BCUT2D eigenvalue weighted by molar-refractivity contribution is 5.79. The number of methoxy groups -OCH3 is 1. The third-order valence-corrected chi connectivity index (χ3v) is 3.23. The molecule has 1 unspecified atom stereocenters. The van der Waals surface area contributed by atoms with Crippen LogP contribution >= 0.6 is 0 Å². The molecule has 108 valence electrons. The Morgan fingerprint density at radius 2 is 1.95 bits per heavy atom. The molecule has 1 aliphatic carbocycles. The Morgan fingerprint density at radius 1 is 1.30 bits per heavy atom. The molecule has 1 atom stereocenters. The third kappa shape index (κ3) is 4.26. The van der Waals surface area contributed by atoms with E-state index in [1.165, 1.54) is 6.92 Å². The van der Waals surface area contributed by atoms with Crippen molar-refractivity contribution in [2.24, 2.45) is 0 Å². The molecular formula is C15H20N2O3. The summed E-state index contributed by atoms with van der Waals surface area (Å²) in [5.74, 6) is 0.574. The number of carbonyl (C=O) groups is 2. The molecule has 20 heavy (non-hydrogen) atoms. The topological polar surface area (TPSA) is 67.4 Å². The SMILES string of the molecule is COc1ccc(C(CC(=O)NC2CC2)NC(C)=O)cc1. The van der Waals surface area contributed by atoms with Crippen molar-refractivity contribution in [1.82, 2.24) is 10.6 Å². The number of hydrogen-bond acceptors (Lipinski definition) is 3. The molecule has 0 bridgehead atoms. The maximum Gasteiger partial charge on any atom is 0.222 e. The van der Waals surface area contributed by atoms with Gasteiger partial charge in [0.15, 0.2) is 0 Å². The summed E-state index contributed by atoms with van der Waals surface area (Å²) in [5, 5.41) is 5.75. The van der Waals surface area contributed by atoms with Gasteiger partial charge in [0.1, 0.15) is 5.75 Å². The van der Waals surface area contributed by atoms with Crippen LogP contribution in [0.3, 0.4) is 0 Å². The van der Waals surface area contributed by atoms with Crippen molar-refractivity contribution in [2.45, 2.75) is 38.3 Å². The van der Waals surface area contributed by atoms with Crippen LogP contribution in [0.2, 0.25) is 0 Å². The lowest BCUT2D eigenvalue weighted by molar-refractivity contribution is -0.122. The van der Waals surface area contributed by atoms with E-state index in [1.807, 2.05) is 24.3 Å². The maximum absolute atomic E-state index is 11.9. The molecule has 0 radical (unpaired) electrons. The number of ether oxygens (including phenoxy) is 1.